The van der Waals surface area contributed by atoms with E-state index in [1.54, 1.807) is 0 Å². The molecule has 3 atom stereocenters. The fourth-order valence-electron chi connectivity index (χ4n) is 2.54. The van der Waals surface area contributed by atoms with E-state index < -0.39 is 34.1 Å². The Labute approximate surface area is 173 Å². The summed E-state index contributed by atoms with van der Waals surface area (Å²) in [5.74, 6) is -1.10. The van der Waals surface area contributed by atoms with E-state index in [1.807, 2.05) is 30.3 Å². The molecule has 29 heavy (non-hydrogen) atoms. The van der Waals surface area contributed by atoms with Crippen molar-refractivity contribution in [3.05, 3.63) is 47.0 Å². The molecule has 0 aliphatic rings. The van der Waals surface area contributed by atoms with Gasteiger partial charge < -0.3 is 15.5 Å². The van der Waals surface area contributed by atoms with Crippen molar-refractivity contribution in [1.82, 2.24) is 10.3 Å². The SMILES string of the molecule is CS(=O)(=O)Nc1nc(C(=O)NCC(O)C(O)CC(C#N)Cc2ccccc2)cs1. The Kier molecular flexibility index (Phi) is 8.10. The number of thiazole rings is 1. The van der Waals surface area contributed by atoms with Crippen LogP contribution in [0.25, 0.3) is 0 Å². The number of aliphatic hydroxyl groups is 2. The van der Waals surface area contributed by atoms with Crippen LogP contribution in [-0.4, -0.2) is 54.5 Å². The molecule has 1 aromatic carbocycles. The smallest absolute Gasteiger partial charge is 0.270 e. The van der Waals surface area contributed by atoms with E-state index in [4.69, 9.17) is 0 Å². The number of aromatic nitrogens is 1. The van der Waals surface area contributed by atoms with Crippen LogP contribution in [0.5, 0.6) is 0 Å². The highest BCUT2D eigenvalue weighted by molar-refractivity contribution is 7.92. The Hall–Kier alpha value is -2.52. The first kappa shape index (κ1) is 22.8. The highest BCUT2D eigenvalue weighted by Crippen LogP contribution is 2.17. The van der Waals surface area contributed by atoms with Crippen molar-refractivity contribution in [3.8, 4) is 6.07 Å². The van der Waals surface area contributed by atoms with Gasteiger partial charge in [-0.15, -0.1) is 11.3 Å². The molecule has 1 heterocycles. The third-order valence-electron chi connectivity index (χ3n) is 3.96. The fraction of sp³-hybridized carbons (Fsp3) is 0.389. The van der Waals surface area contributed by atoms with E-state index in [2.05, 4.69) is 21.1 Å². The number of nitrogens with zero attached hydrogens (tertiary/aromatic N) is 2. The molecule has 1 amide bonds. The predicted molar refractivity (Wildman–Crippen MR) is 109 cm³/mol. The molecule has 3 unspecified atom stereocenters. The molecule has 1 aromatic heterocycles. The van der Waals surface area contributed by atoms with Crippen LogP contribution in [0.15, 0.2) is 35.7 Å². The standard InChI is InChI=1S/C18H22N4O5S2/c1-29(26,27)22-18-21-14(11-28-18)17(25)20-10-16(24)15(23)8-13(9-19)7-12-5-3-2-4-6-12/h2-6,11,13,15-16,23-24H,7-8,10H2,1H3,(H,20,25)(H,21,22). The van der Waals surface area contributed by atoms with Crippen molar-refractivity contribution < 1.29 is 23.4 Å². The average molecular weight is 439 g/mol. The van der Waals surface area contributed by atoms with Crippen LogP contribution in [0.2, 0.25) is 0 Å². The zero-order chi connectivity index (χ0) is 21.4. The molecule has 2 aromatic rings. The lowest BCUT2D eigenvalue weighted by Gasteiger charge is -2.20. The summed E-state index contributed by atoms with van der Waals surface area (Å²) in [5, 5.41) is 33.4. The number of carbonyl (C=O) groups excluding carboxylic acids is 1. The molecule has 11 heteroatoms. The molecule has 4 N–H and O–H groups in total. The van der Waals surface area contributed by atoms with Gasteiger partial charge in [0.2, 0.25) is 10.0 Å². The van der Waals surface area contributed by atoms with Crippen LogP contribution in [0.4, 0.5) is 5.13 Å². The van der Waals surface area contributed by atoms with Gasteiger partial charge in [-0.3, -0.25) is 9.52 Å². The van der Waals surface area contributed by atoms with E-state index >= 15 is 0 Å². The second-order valence-corrected chi connectivity index (χ2v) is 9.11. The second kappa shape index (κ2) is 10.3. The fourth-order valence-corrected chi connectivity index (χ4v) is 4.08. The molecule has 0 saturated heterocycles. The largest absolute Gasteiger partial charge is 0.390 e. The lowest BCUT2D eigenvalue weighted by Crippen LogP contribution is -2.40. The van der Waals surface area contributed by atoms with Gasteiger partial charge in [0, 0.05) is 11.9 Å². The summed E-state index contributed by atoms with van der Waals surface area (Å²) in [6.07, 6.45) is -0.985. The minimum atomic E-state index is -3.50. The molecular formula is C18H22N4O5S2. The number of sulfonamides is 1. The minimum absolute atomic E-state index is 0.0122. The van der Waals surface area contributed by atoms with Crippen molar-refractivity contribution in [2.24, 2.45) is 5.92 Å². The van der Waals surface area contributed by atoms with Crippen molar-refractivity contribution in [2.45, 2.75) is 25.0 Å². The first-order valence-electron chi connectivity index (χ1n) is 8.69. The summed E-state index contributed by atoms with van der Waals surface area (Å²) < 4.78 is 24.5. The highest BCUT2D eigenvalue weighted by atomic mass is 32.2. The van der Waals surface area contributed by atoms with E-state index in [-0.39, 0.29) is 23.8 Å². The van der Waals surface area contributed by atoms with Crippen LogP contribution < -0.4 is 10.0 Å². The summed E-state index contributed by atoms with van der Waals surface area (Å²) in [6.45, 7) is -0.240. The number of nitrogens with one attached hydrogen (secondary N) is 2. The van der Waals surface area contributed by atoms with Crippen LogP contribution in [0.1, 0.15) is 22.5 Å². The van der Waals surface area contributed by atoms with Gasteiger partial charge in [0.05, 0.1) is 30.5 Å². The first-order valence-corrected chi connectivity index (χ1v) is 11.5. The van der Waals surface area contributed by atoms with E-state index in [9.17, 15) is 28.7 Å². The zero-order valence-electron chi connectivity index (χ0n) is 15.6. The Bertz CT molecular complexity index is 956. The molecule has 156 valence electrons. The molecule has 2 rings (SSSR count). The number of hydrogen-bond donors (Lipinski definition) is 4. The van der Waals surface area contributed by atoms with Crippen molar-refractivity contribution in [2.75, 3.05) is 17.5 Å². The molecule has 0 aliphatic heterocycles. The van der Waals surface area contributed by atoms with E-state index in [1.165, 1.54) is 5.38 Å². The summed E-state index contributed by atoms with van der Waals surface area (Å²) >= 11 is 0.947. The Balaban J connectivity index is 1.83. The maximum Gasteiger partial charge on any atom is 0.270 e. The number of benzene rings is 1. The van der Waals surface area contributed by atoms with Crippen LogP contribution in [-0.2, 0) is 16.4 Å². The first-order chi connectivity index (χ1) is 13.7. The zero-order valence-corrected chi connectivity index (χ0v) is 17.3. The second-order valence-electron chi connectivity index (χ2n) is 6.51. The quantitative estimate of drug-likeness (QED) is 0.427. The summed E-state index contributed by atoms with van der Waals surface area (Å²) in [4.78, 5) is 15.9. The van der Waals surface area contributed by atoms with Gasteiger partial charge in [0.1, 0.15) is 5.69 Å². The van der Waals surface area contributed by atoms with Gasteiger partial charge in [-0.25, -0.2) is 13.4 Å². The number of anilines is 1. The molecule has 0 saturated carbocycles. The lowest BCUT2D eigenvalue weighted by atomic mass is 9.93. The number of aliphatic hydroxyl groups excluding tert-OH is 2. The number of amides is 1. The summed E-state index contributed by atoms with van der Waals surface area (Å²) in [6, 6.07) is 11.5. The number of rotatable bonds is 10. The summed E-state index contributed by atoms with van der Waals surface area (Å²) in [5.41, 5.74) is 0.943. The average Bonchev–Trinajstić information content (AvgIpc) is 3.12. The van der Waals surface area contributed by atoms with Gasteiger partial charge in [-0.05, 0) is 18.4 Å². The molecule has 0 bridgehead atoms. The van der Waals surface area contributed by atoms with Gasteiger partial charge in [-0.2, -0.15) is 5.26 Å². The number of nitriles is 1. The molecule has 0 radical (unpaired) electrons. The van der Waals surface area contributed by atoms with Gasteiger partial charge in [-0.1, -0.05) is 30.3 Å². The number of carbonyl (C=O) groups is 1. The summed E-state index contributed by atoms with van der Waals surface area (Å²) in [7, 11) is -3.50. The molecule has 0 aliphatic carbocycles. The highest BCUT2D eigenvalue weighted by Gasteiger charge is 2.23. The van der Waals surface area contributed by atoms with Crippen LogP contribution >= 0.6 is 11.3 Å². The van der Waals surface area contributed by atoms with Gasteiger partial charge in [0.15, 0.2) is 5.13 Å². The topological polar surface area (TPSA) is 152 Å². The third-order valence-corrected chi connectivity index (χ3v) is 5.41. The van der Waals surface area contributed by atoms with E-state index in [0.717, 1.165) is 23.2 Å². The van der Waals surface area contributed by atoms with Crippen molar-refractivity contribution >= 4 is 32.4 Å². The van der Waals surface area contributed by atoms with Gasteiger partial charge in [0.25, 0.3) is 5.91 Å². The Morgan fingerprint density at radius 3 is 2.59 bits per heavy atom. The monoisotopic (exact) mass is 438 g/mol. The Morgan fingerprint density at radius 2 is 1.97 bits per heavy atom. The maximum atomic E-state index is 12.1. The molecular weight excluding hydrogens is 416 g/mol. The maximum absolute atomic E-state index is 12.1. The van der Waals surface area contributed by atoms with Crippen molar-refractivity contribution in [3.63, 3.8) is 0 Å². The van der Waals surface area contributed by atoms with Gasteiger partial charge >= 0.3 is 0 Å². The molecule has 9 nitrogen and oxygen atoms in total. The predicted octanol–water partition coefficient (Wildman–Crippen LogP) is 0.739. The molecule has 0 fully saturated rings. The normalized spacial score (nSPS) is 14.4. The van der Waals surface area contributed by atoms with Crippen molar-refractivity contribution in [1.29, 1.82) is 5.26 Å². The van der Waals surface area contributed by atoms with Crippen LogP contribution in [0, 0.1) is 17.2 Å². The third kappa shape index (κ3) is 7.78. The Morgan fingerprint density at radius 1 is 1.28 bits per heavy atom. The van der Waals surface area contributed by atoms with E-state index in [0.29, 0.717) is 6.42 Å². The van der Waals surface area contributed by atoms with Crippen LogP contribution in [0.3, 0.4) is 0 Å². The molecule has 0 spiro atoms. The minimum Gasteiger partial charge on any atom is -0.390 e. The lowest BCUT2D eigenvalue weighted by molar-refractivity contribution is 0.00986. The number of hydrogen-bond acceptors (Lipinski definition) is 8.